The summed E-state index contributed by atoms with van der Waals surface area (Å²) in [4.78, 5) is 206. The first kappa shape index (κ1) is 83.2. The number of fused-ring (bicyclic) bond motifs is 2. The molecule has 0 aromatic heterocycles. The standard InChI is InChI=1S/C57H92N14O18.2Ca/c1-29(2)18-13-11-9-8-10-12-14-21-39(72)64-36(26-58)50(81)69-47-33(7)62-51(82)38-20-17-23-71(38)55(86)44(30(3)4)67-54(85)46(32(6)59)66-41(74)28-61-48(79)34(24-42(75)76)63-40(73)27-60-49(80)35(25-43(77)78)65-53(84)45(31(5)57(88)89)68-52(83)37-19-15-16-22-70(37)56(47)87;;/h12,14,29-38,44-47H,8-11,13,15-28,58-59H2,1-7H3,(H,60,80)(H,61,79)(H,62,82)(H,63,73)(H,64,72)(H,65,84)(H,66,74)(H,67,85)(H,68,83)(H,69,81)(H,75,76)(H,77,78)(H,88,89);;/q;2*+2/b14-12-;;. The number of amides is 12. The zero-order chi connectivity index (χ0) is 66.8. The minimum atomic E-state index is -2.10. The number of carbonyl (C=O) groups is 15. The Morgan fingerprint density at radius 2 is 1.12 bits per heavy atom. The predicted octanol–water partition coefficient (Wildman–Crippen LogP) is -4.68. The molecule has 3 fully saturated rings. The van der Waals surface area contributed by atoms with E-state index in [0.29, 0.717) is 5.92 Å². The SMILES string of the molecule is CC(C)CCCCCC/C=C\CC(=O)NC(CN)C(=O)NC1C(=O)N2CCCCC2C(=O)NC(C(C)C(=O)O)C(=O)NC(CC(=O)O)C(=O)NCC(=O)NC(CC(=O)O)C(=O)NCC(=O)NC(C(C)N)C(=O)NC(C(C)C)C(=O)N2CCCC2C(=O)NC1C.[Ca+2].[Ca+2]. The van der Waals surface area contributed by atoms with E-state index in [4.69, 9.17) is 11.5 Å². The topological polar surface area (TPSA) is 496 Å². The molecule has 0 aliphatic carbocycles. The van der Waals surface area contributed by atoms with Crippen LogP contribution in [0.1, 0.15) is 138 Å². The molecule has 12 amide bonds. The summed E-state index contributed by atoms with van der Waals surface area (Å²) in [6.07, 6.45) is 7.90. The molecule has 17 N–H and O–H groups in total. The summed E-state index contributed by atoms with van der Waals surface area (Å²) in [6.45, 7) is 8.55. The smallest absolute Gasteiger partial charge is 0.481 e. The Balaban J connectivity index is 0.0000207. The fourth-order valence-corrected chi connectivity index (χ4v) is 10.2. The van der Waals surface area contributed by atoms with Crippen molar-refractivity contribution in [1.29, 1.82) is 0 Å². The van der Waals surface area contributed by atoms with Gasteiger partial charge >= 0.3 is 93.4 Å². The van der Waals surface area contributed by atoms with E-state index in [1.807, 2.05) is 11.4 Å². The molecule has 0 aromatic carbocycles. The molecule has 91 heavy (non-hydrogen) atoms. The summed E-state index contributed by atoms with van der Waals surface area (Å²) in [5, 5.41) is 52.8. The normalized spacial score (nSPS) is 25.1. The molecule has 32 nitrogen and oxygen atoms in total. The van der Waals surface area contributed by atoms with Gasteiger partial charge in [-0.1, -0.05) is 65.5 Å². The molecule has 0 saturated carbocycles. The van der Waals surface area contributed by atoms with Crippen LogP contribution >= 0.6 is 0 Å². The molecule has 0 bridgehead atoms. The van der Waals surface area contributed by atoms with Gasteiger partial charge in [-0.3, -0.25) is 71.9 Å². The summed E-state index contributed by atoms with van der Waals surface area (Å²) in [5.41, 5.74) is 12.1. The third-order valence-corrected chi connectivity index (χ3v) is 15.3. The first-order valence-corrected chi connectivity index (χ1v) is 30.2. The molecule has 3 rings (SSSR count). The van der Waals surface area contributed by atoms with Crippen molar-refractivity contribution in [2.75, 3.05) is 32.7 Å². The molecule has 12 unspecified atom stereocenters. The molecular weight excluding hydrogens is 1250 g/mol. The zero-order valence-electron chi connectivity index (χ0n) is 53.1. The molecule has 3 saturated heterocycles. The van der Waals surface area contributed by atoms with Crippen molar-refractivity contribution in [3.05, 3.63) is 12.2 Å². The van der Waals surface area contributed by atoms with E-state index in [-0.39, 0.29) is 127 Å². The maximum Gasteiger partial charge on any atom is 2.00 e. The zero-order valence-corrected chi connectivity index (χ0v) is 57.5. The van der Waals surface area contributed by atoms with Gasteiger partial charge in [0.25, 0.3) is 0 Å². The van der Waals surface area contributed by atoms with E-state index < -0.39 is 200 Å². The molecule has 3 aliphatic rings. The quantitative estimate of drug-likeness (QED) is 0.0292. The van der Waals surface area contributed by atoms with Gasteiger partial charge in [-0.25, -0.2) is 0 Å². The molecule has 3 aliphatic heterocycles. The number of nitrogens with one attached hydrogen (secondary N) is 10. The maximum atomic E-state index is 15.2. The summed E-state index contributed by atoms with van der Waals surface area (Å²) >= 11 is 0. The van der Waals surface area contributed by atoms with E-state index in [1.54, 1.807) is 19.9 Å². The number of allylic oxidation sites excluding steroid dienone is 1. The Labute approximate surface area is 588 Å². The van der Waals surface area contributed by atoms with Gasteiger partial charge in [0, 0.05) is 32.1 Å². The minimum absolute atomic E-state index is 0. The number of carboxylic acids is 3. The Morgan fingerprint density at radius 1 is 0.604 bits per heavy atom. The number of unbranched alkanes of at least 4 members (excludes halogenated alkanes) is 4. The summed E-state index contributed by atoms with van der Waals surface area (Å²) < 4.78 is 0. The third kappa shape index (κ3) is 27.8. The molecule has 0 radical (unpaired) electrons. The summed E-state index contributed by atoms with van der Waals surface area (Å²) in [5.74, 6) is -19.4. The first-order valence-electron chi connectivity index (χ1n) is 30.2. The summed E-state index contributed by atoms with van der Waals surface area (Å²) in [7, 11) is 0. The molecule has 498 valence electrons. The molecule has 0 spiro atoms. The number of piperidine rings is 1. The van der Waals surface area contributed by atoms with Crippen LogP contribution in [0.2, 0.25) is 0 Å². The average molecular weight is 1340 g/mol. The average Bonchev–Trinajstić information content (AvgIpc) is 1.88. The van der Waals surface area contributed by atoms with Gasteiger partial charge in [0.1, 0.15) is 54.4 Å². The number of nitrogens with two attached hydrogens (primary N) is 2. The van der Waals surface area contributed by atoms with Crippen LogP contribution in [-0.4, -0.2) is 289 Å². The number of nitrogens with zero attached hydrogens (tertiary/aromatic N) is 2. The van der Waals surface area contributed by atoms with Crippen LogP contribution in [0.5, 0.6) is 0 Å². The van der Waals surface area contributed by atoms with Crippen LogP contribution < -0.4 is 64.6 Å². The summed E-state index contributed by atoms with van der Waals surface area (Å²) in [6, 6.07) is -17.6. The van der Waals surface area contributed by atoms with E-state index in [2.05, 4.69) is 61.7 Å². The molecule has 34 heteroatoms. The van der Waals surface area contributed by atoms with Crippen molar-refractivity contribution in [3.63, 3.8) is 0 Å². The predicted molar refractivity (Wildman–Crippen MR) is 328 cm³/mol. The Kier molecular flexibility index (Phi) is 38.2. The Morgan fingerprint density at radius 3 is 1.67 bits per heavy atom. The van der Waals surface area contributed by atoms with Crippen molar-refractivity contribution in [3.8, 4) is 0 Å². The Bertz CT molecular complexity index is 2610. The van der Waals surface area contributed by atoms with Crippen molar-refractivity contribution in [1.82, 2.24) is 63.0 Å². The molecule has 12 atom stereocenters. The van der Waals surface area contributed by atoms with Gasteiger partial charge in [0.2, 0.25) is 70.9 Å². The van der Waals surface area contributed by atoms with E-state index >= 15 is 4.79 Å². The van der Waals surface area contributed by atoms with Gasteiger partial charge in [0.15, 0.2) is 0 Å². The van der Waals surface area contributed by atoms with E-state index in [9.17, 15) is 82.4 Å². The van der Waals surface area contributed by atoms with Gasteiger partial charge in [-0.15, -0.1) is 0 Å². The van der Waals surface area contributed by atoms with Crippen LogP contribution in [0.4, 0.5) is 0 Å². The monoisotopic (exact) mass is 1340 g/mol. The number of hydrogen-bond acceptors (Lipinski definition) is 17. The largest absolute Gasteiger partial charge is 2.00 e. The number of carbonyl (C=O) groups excluding carboxylic acids is 12. The van der Waals surface area contributed by atoms with Crippen LogP contribution in [0.3, 0.4) is 0 Å². The van der Waals surface area contributed by atoms with Gasteiger partial charge in [-0.2, -0.15) is 0 Å². The molecule has 0 aromatic rings. The fraction of sp³-hybridized carbons (Fsp3) is 0.702. The van der Waals surface area contributed by atoms with Gasteiger partial charge < -0.3 is 89.8 Å². The van der Waals surface area contributed by atoms with Crippen LogP contribution in [0.15, 0.2) is 12.2 Å². The van der Waals surface area contributed by atoms with Crippen LogP contribution in [-0.2, 0) is 71.9 Å². The van der Waals surface area contributed by atoms with E-state index in [0.717, 1.165) is 50.3 Å². The second kappa shape index (κ2) is 41.7. The molecular formula is C57H92Ca2N14O18+4. The number of aliphatic carboxylic acids is 3. The van der Waals surface area contributed by atoms with Crippen molar-refractivity contribution < 1.29 is 87.2 Å². The van der Waals surface area contributed by atoms with Gasteiger partial charge in [-0.05, 0) is 77.6 Å². The van der Waals surface area contributed by atoms with E-state index in [1.165, 1.54) is 18.7 Å². The second-order valence-electron chi connectivity index (χ2n) is 23.5. The molecule has 3 heterocycles. The number of hydrogen-bond donors (Lipinski definition) is 15. The second-order valence-corrected chi connectivity index (χ2v) is 23.5. The Hall–Kier alpha value is -5.77. The number of rotatable bonds is 21. The minimum Gasteiger partial charge on any atom is -0.481 e. The third-order valence-electron chi connectivity index (χ3n) is 15.3. The van der Waals surface area contributed by atoms with Crippen LogP contribution in [0.25, 0.3) is 0 Å². The first-order chi connectivity index (χ1) is 41.9. The van der Waals surface area contributed by atoms with Crippen molar-refractivity contribution >= 4 is 164 Å². The number of carboxylic acid groups (broad SMARTS) is 3. The van der Waals surface area contributed by atoms with Crippen LogP contribution in [0, 0.1) is 17.8 Å². The van der Waals surface area contributed by atoms with Crippen molar-refractivity contribution in [2.24, 2.45) is 29.2 Å². The van der Waals surface area contributed by atoms with Crippen molar-refractivity contribution in [2.45, 2.75) is 205 Å². The van der Waals surface area contributed by atoms with Gasteiger partial charge in [0.05, 0.1) is 37.9 Å². The maximum absolute atomic E-state index is 15.2. The fourth-order valence-electron chi connectivity index (χ4n) is 10.2.